The number of carbonyl (C=O) groups is 3. The fraction of sp³-hybridized carbons (Fsp3) is 0.548. The molecule has 2 unspecified atom stereocenters. The minimum Gasteiger partial charge on any atom is -0.489 e. The van der Waals surface area contributed by atoms with Crippen molar-refractivity contribution >= 4 is 35.6 Å². The normalized spacial score (nSPS) is 21.2. The highest BCUT2D eigenvalue weighted by molar-refractivity contribution is 6.35. The lowest BCUT2D eigenvalue weighted by Gasteiger charge is -2.41. The first kappa shape index (κ1) is 32.6. The Morgan fingerprint density at radius 2 is 1.89 bits per heavy atom. The number of hydrogen-bond donors (Lipinski definition) is 1. The third-order valence-corrected chi connectivity index (χ3v) is 8.89. The minimum absolute atomic E-state index is 0.00789. The summed E-state index contributed by atoms with van der Waals surface area (Å²) in [6, 6.07) is 3.48. The Bertz CT molecular complexity index is 1530. The summed E-state index contributed by atoms with van der Waals surface area (Å²) in [5.74, 6) is -1.09. The molecule has 1 aromatic carbocycles. The van der Waals surface area contributed by atoms with Gasteiger partial charge in [0.25, 0.3) is 5.91 Å². The standard InChI is InChI=1S/C31H39ClFN5O7/c1-30(2,3)45-29(42)44-19-10-8-9-18(33)21(19)24-23(32)25-22(26(34-24)38-12-11-20(35(6)7)31(38,4)5)27(39)37-14-13-36(28(40)41)15-17(37)16-43-25/h8-10,17,20H,11-16H2,1-7H3,(H,40,41). The molecule has 2 saturated heterocycles. The number of anilines is 1. The van der Waals surface area contributed by atoms with Crippen LogP contribution in [0.4, 0.5) is 19.8 Å². The average molecular weight is 648 g/mol. The maximum absolute atomic E-state index is 15.8. The van der Waals surface area contributed by atoms with Gasteiger partial charge in [0.1, 0.15) is 45.9 Å². The molecule has 244 valence electrons. The fourth-order valence-electron chi connectivity index (χ4n) is 6.50. The maximum Gasteiger partial charge on any atom is 0.514 e. The molecular formula is C31H39ClFN5O7. The summed E-state index contributed by atoms with van der Waals surface area (Å²) < 4.78 is 32.8. The number of benzene rings is 1. The average Bonchev–Trinajstić information content (AvgIpc) is 3.17. The second-order valence-corrected chi connectivity index (χ2v) is 13.6. The first-order chi connectivity index (χ1) is 21.0. The number of carbonyl (C=O) groups excluding carboxylic acids is 2. The minimum atomic E-state index is -1.09. The van der Waals surface area contributed by atoms with Crippen LogP contribution in [0.5, 0.6) is 11.5 Å². The number of rotatable bonds is 4. The summed E-state index contributed by atoms with van der Waals surface area (Å²) in [4.78, 5) is 50.6. The van der Waals surface area contributed by atoms with Crippen LogP contribution in [0.25, 0.3) is 11.3 Å². The van der Waals surface area contributed by atoms with E-state index < -0.39 is 41.2 Å². The molecule has 1 aromatic heterocycles. The second-order valence-electron chi connectivity index (χ2n) is 13.2. The zero-order valence-electron chi connectivity index (χ0n) is 26.5. The van der Waals surface area contributed by atoms with Gasteiger partial charge < -0.3 is 38.9 Å². The lowest BCUT2D eigenvalue weighted by molar-refractivity contribution is 0.0206. The SMILES string of the molecule is CN(C)C1CCN(c2nc(-c3c(F)cccc3OC(=O)OC(C)(C)C)c(Cl)c3c2C(=O)N2CCN(C(=O)O)CC2CO3)C1(C)C. The molecule has 3 aliphatic heterocycles. The molecule has 2 aromatic rings. The van der Waals surface area contributed by atoms with Gasteiger partial charge in [-0.2, -0.15) is 0 Å². The summed E-state index contributed by atoms with van der Waals surface area (Å²) in [6.07, 6.45) is -1.37. The van der Waals surface area contributed by atoms with E-state index in [1.54, 1.807) is 25.7 Å². The van der Waals surface area contributed by atoms with Crippen LogP contribution in [0.3, 0.4) is 0 Å². The molecule has 5 rings (SSSR count). The highest BCUT2D eigenvalue weighted by atomic mass is 35.5. The third-order valence-electron chi connectivity index (χ3n) is 8.53. The van der Waals surface area contributed by atoms with Crippen molar-refractivity contribution in [3.05, 3.63) is 34.6 Å². The van der Waals surface area contributed by atoms with Crippen molar-refractivity contribution in [2.24, 2.45) is 0 Å². The molecule has 14 heteroatoms. The van der Waals surface area contributed by atoms with E-state index >= 15 is 4.39 Å². The molecule has 0 bridgehead atoms. The van der Waals surface area contributed by atoms with Crippen LogP contribution in [-0.2, 0) is 4.74 Å². The summed E-state index contributed by atoms with van der Waals surface area (Å²) in [7, 11) is 3.97. The molecule has 45 heavy (non-hydrogen) atoms. The Labute approximate surface area is 266 Å². The lowest BCUT2D eigenvalue weighted by atomic mass is 9.94. The number of carboxylic acid groups (broad SMARTS) is 1. The zero-order chi connectivity index (χ0) is 33.0. The summed E-state index contributed by atoms with van der Waals surface area (Å²) in [5.41, 5.74) is -1.55. The maximum atomic E-state index is 15.8. The van der Waals surface area contributed by atoms with Gasteiger partial charge in [-0.3, -0.25) is 4.79 Å². The van der Waals surface area contributed by atoms with Gasteiger partial charge in [0.15, 0.2) is 5.75 Å². The number of halogens is 2. The number of likely N-dealkylation sites (N-methyl/N-ethyl adjacent to an activating group) is 1. The molecule has 2 atom stereocenters. The van der Waals surface area contributed by atoms with Gasteiger partial charge in [0.2, 0.25) is 0 Å². The van der Waals surface area contributed by atoms with Crippen LogP contribution in [0, 0.1) is 5.82 Å². The van der Waals surface area contributed by atoms with Crippen LogP contribution in [0.15, 0.2) is 18.2 Å². The zero-order valence-corrected chi connectivity index (χ0v) is 27.3. The Kier molecular flexibility index (Phi) is 8.56. The molecule has 0 aliphatic carbocycles. The molecular weight excluding hydrogens is 609 g/mol. The number of ether oxygens (including phenoxy) is 3. The molecule has 2 fully saturated rings. The van der Waals surface area contributed by atoms with Gasteiger partial charge in [-0.05, 0) is 67.3 Å². The van der Waals surface area contributed by atoms with Crippen LogP contribution < -0.4 is 14.4 Å². The first-order valence-electron chi connectivity index (χ1n) is 14.8. The second kappa shape index (κ2) is 11.8. The van der Waals surface area contributed by atoms with Crippen molar-refractivity contribution < 1.29 is 38.1 Å². The van der Waals surface area contributed by atoms with E-state index in [0.29, 0.717) is 6.54 Å². The van der Waals surface area contributed by atoms with Crippen molar-refractivity contribution in [2.45, 2.75) is 64.3 Å². The smallest absolute Gasteiger partial charge is 0.489 e. The van der Waals surface area contributed by atoms with Gasteiger partial charge in [-0.1, -0.05) is 17.7 Å². The van der Waals surface area contributed by atoms with Gasteiger partial charge in [-0.15, -0.1) is 0 Å². The van der Waals surface area contributed by atoms with Gasteiger partial charge >= 0.3 is 12.2 Å². The molecule has 0 spiro atoms. The molecule has 2 amide bonds. The van der Waals surface area contributed by atoms with Crippen molar-refractivity contribution in [1.29, 1.82) is 0 Å². The van der Waals surface area contributed by atoms with E-state index in [1.165, 1.54) is 23.1 Å². The number of piperazine rings is 1. The van der Waals surface area contributed by atoms with Crippen LogP contribution >= 0.6 is 11.6 Å². The van der Waals surface area contributed by atoms with E-state index in [1.807, 2.05) is 32.8 Å². The predicted molar refractivity (Wildman–Crippen MR) is 165 cm³/mol. The predicted octanol–water partition coefficient (Wildman–Crippen LogP) is 4.97. The number of nitrogens with zero attached hydrogens (tertiary/aromatic N) is 5. The number of fused-ring (bicyclic) bond motifs is 2. The quantitative estimate of drug-likeness (QED) is 0.359. The highest BCUT2D eigenvalue weighted by Gasteiger charge is 2.47. The summed E-state index contributed by atoms with van der Waals surface area (Å²) >= 11 is 6.96. The Morgan fingerprint density at radius 1 is 1.18 bits per heavy atom. The Morgan fingerprint density at radius 3 is 2.51 bits per heavy atom. The van der Waals surface area contributed by atoms with Crippen LogP contribution in [0.2, 0.25) is 5.02 Å². The molecule has 3 aliphatic rings. The first-order valence-corrected chi connectivity index (χ1v) is 15.2. The number of hydrogen-bond acceptors (Lipinski definition) is 9. The lowest BCUT2D eigenvalue weighted by Crippen LogP contribution is -2.57. The molecule has 4 heterocycles. The molecule has 0 radical (unpaired) electrons. The largest absolute Gasteiger partial charge is 0.514 e. The van der Waals surface area contributed by atoms with E-state index in [-0.39, 0.29) is 71.4 Å². The van der Waals surface area contributed by atoms with Crippen molar-refractivity contribution in [3.8, 4) is 22.8 Å². The molecule has 12 nitrogen and oxygen atoms in total. The summed E-state index contributed by atoms with van der Waals surface area (Å²) in [6.45, 7) is 9.94. The van der Waals surface area contributed by atoms with Crippen molar-refractivity contribution in [3.63, 3.8) is 0 Å². The van der Waals surface area contributed by atoms with Crippen LogP contribution in [0.1, 0.15) is 51.4 Å². The monoisotopic (exact) mass is 647 g/mol. The summed E-state index contributed by atoms with van der Waals surface area (Å²) in [5, 5.41) is 9.45. The molecule has 0 saturated carbocycles. The Balaban J connectivity index is 1.70. The van der Waals surface area contributed by atoms with Gasteiger partial charge in [-0.25, -0.2) is 19.0 Å². The highest BCUT2D eigenvalue weighted by Crippen LogP contribution is 2.48. The Hall–Kier alpha value is -3.84. The van der Waals surface area contributed by atoms with E-state index in [4.69, 9.17) is 30.8 Å². The van der Waals surface area contributed by atoms with Crippen molar-refractivity contribution in [2.75, 3.05) is 51.8 Å². The fourth-order valence-corrected chi connectivity index (χ4v) is 6.79. The molecule has 1 N–H and O–H groups in total. The van der Waals surface area contributed by atoms with E-state index in [0.717, 1.165) is 6.42 Å². The number of amides is 2. The van der Waals surface area contributed by atoms with Crippen LogP contribution in [-0.4, -0.2) is 113 Å². The number of pyridine rings is 1. The third kappa shape index (κ3) is 6.07. The topological polar surface area (TPSA) is 125 Å². The van der Waals surface area contributed by atoms with Gasteiger partial charge in [0, 0.05) is 32.2 Å². The van der Waals surface area contributed by atoms with Gasteiger partial charge in [0.05, 0.1) is 17.1 Å². The van der Waals surface area contributed by atoms with E-state index in [2.05, 4.69) is 4.90 Å². The van der Waals surface area contributed by atoms with E-state index in [9.17, 15) is 19.5 Å². The number of aromatic nitrogens is 1. The van der Waals surface area contributed by atoms with Crippen molar-refractivity contribution in [1.82, 2.24) is 19.7 Å².